The van der Waals surface area contributed by atoms with Crippen LogP contribution in [-0.2, 0) is 0 Å². The third-order valence-electron chi connectivity index (χ3n) is 4.49. The molecule has 1 saturated heterocycles. The summed E-state index contributed by atoms with van der Waals surface area (Å²) in [4.78, 5) is 19.6. The van der Waals surface area contributed by atoms with E-state index in [4.69, 9.17) is 10.5 Å². The third-order valence-corrected chi connectivity index (χ3v) is 5.45. The first-order valence-electron chi connectivity index (χ1n) is 8.70. The van der Waals surface area contributed by atoms with Crippen molar-refractivity contribution in [1.82, 2.24) is 19.9 Å². The van der Waals surface area contributed by atoms with Gasteiger partial charge in [0.05, 0.1) is 29.6 Å². The van der Waals surface area contributed by atoms with Gasteiger partial charge in [0.25, 0.3) is 5.19 Å². The SMILES string of the molecule is Nc1cnc(N2CCC(COc3ncc(-c4ccc(F)nc4)s3)CC2)nc1. The van der Waals surface area contributed by atoms with Crippen LogP contribution in [0.5, 0.6) is 5.19 Å². The summed E-state index contributed by atoms with van der Waals surface area (Å²) in [5.41, 5.74) is 7.04. The number of aromatic nitrogens is 4. The van der Waals surface area contributed by atoms with Gasteiger partial charge in [0.2, 0.25) is 11.9 Å². The molecule has 4 heterocycles. The van der Waals surface area contributed by atoms with Crippen LogP contribution in [0.15, 0.2) is 36.9 Å². The quantitative estimate of drug-likeness (QED) is 0.674. The zero-order valence-corrected chi connectivity index (χ0v) is 15.4. The number of ether oxygens (including phenoxy) is 1. The van der Waals surface area contributed by atoms with Gasteiger partial charge in [0.15, 0.2) is 0 Å². The highest BCUT2D eigenvalue weighted by Gasteiger charge is 2.22. The highest BCUT2D eigenvalue weighted by molar-refractivity contribution is 7.16. The molecule has 9 heteroatoms. The summed E-state index contributed by atoms with van der Waals surface area (Å²) in [5, 5.41) is 0.624. The van der Waals surface area contributed by atoms with E-state index in [0.29, 0.717) is 23.4 Å². The second kappa shape index (κ2) is 7.83. The van der Waals surface area contributed by atoms with E-state index in [1.165, 1.54) is 23.6 Å². The van der Waals surface area contributed by atoms with Crippen molar-refractivity contribution in [2.75, 3.05) is 30.3 Å². The number of halogens is 1. The Bertz CT molecular complexity index is 878. The normalized spacial score (nSPS) is 15.1. The van der Waals surface area contributed by atoms with Crippen LogP contribution in [0.2, 0.25) is 0 Å². The van der Waals surface area contributed by atoms with Gasteiger partial charge < -0.3 is 15.4 Å². The Hall–Kier alpha value is -2.81. The molecule has 1 aliphatic heterocycles. The number of hydrogen-bond acceptors (Lipinski definition) is 8. The van der Waals surface area contributed by atoms with Crippen LogP contribution in [0.3, 0.4) is 0 Å². The molecule has 0 radical (unpaired) electrons. The second-order valence-electron chi connectivity index (χ2n) is 6.42. The molecule has 3 aromatic heterocycles. The van der Waals surface area contributed by atoms with Crippen LogP contribution in [0.4, 0.5) is 16.0 Å². The van der Waals surface area contributed by atoms with Crippen LogP contribution in [0.1, 0.15) is 12.8 Å². The maximum absolute atomic E-state index is 12.9. The minimum Gasteiger partial charge on any atom is -0.470 e. The first-order chi connectivity index (χ1) is 13.2. The third kappa shape index (κ3) is 4.30. The molecular weight excluding hydrogens is 367 g/mol. The summed E-state index contributed by atoms with van der Waals surface area (Å²) in [5.74, 6) is 0.700. The Morgan fingerprint density at radius 1 is 1.07 bits per heavy atom. The van der Waals surface area contributed by atoms with Crippen LogP contribution in [0.25, 0.3) is 10.4 Å². The Morgan fingerprint density at radius 2 is 1.85 bits per heavy atom. The zero-order chi connectivity index (χ0) is 18.6. The van der Waals surface area contributed by atoms with Gasteiger partial charge in [-0.1, -0.05) is 11.3 Å². The van der Waals surface area contributed by atoms with Crippen molar-refractivity contribution < 1.29 is 9.13 Å². The van der Waals surface area contributed by atoms with E-state index < -0.39 is 5.95 Å². The van der Waals surface area contributed by atoms with E-state index in [2.05, 4.69) is 24.8 Å². The Kier molecular flexibility index (Phi) is 5.10. The van der Waals surface area contributed by atoms with Gasteiger partial charge in [0.1, 0.15) is 0 Å². The number of nitrogen functional groups attached to an aromatic ring is 1. The number of piperidine rings is 1. The first kappa shape index (κ1) is 17.6. The number of nitrogens with zero attached hydrogens (tertiary/aromatic N) is 5. The fourth-order valence-corrected chi connectivity index (χ4v) is 3.73. The fraction of sp³-hybridized carbons (Fsp3) is 0.333. The smallest absolute Gasteiger partial charge is 0.273 e. The molecule has 0 saturated carbocycles. The monoisotopic (exact) mass is 386 g/mol. The summed E-state index contributed by atoms with van der Waals surface area (Å²) >= 11 is 1.44. The van der Waals surface area contributed by atoms with Crippen LogP contribution >= 0.6 is 11.3 Å². The molecule has 0 amide bonds. The predicted molar refractivity (Wildman–Crippen MR) is 102 cm³/mol. The van der Waals surface area contributed by atoms with Gasteiger partial charge in [-0.3, -0.25) is 0 Å². The first-order valence-corrected chi connectivity index (χ1v) is 9.52. The summed E-state index contributed by atoms with van der Waals surface area (Å²) in [7, 11) is 0. The lowest BCUT2D eigenvalue weighted by molar-refractivity contribution is 0.221. The fourth-order valence-electron chi connectivity index (χ4n) is 2.96. The molecular formula is C18H19FN6OS. The summed E-state index contributed by atoms with van der Waals surface area (Å²) < 4.78 is 18.8. The molecule has 1 fully saturated rings. The average molecular weight is 386 g/mol. The number of hydrogen-bond donors (Lipinski definition) is 1. The number of rotatable bonds is 5. The molecule has 4 rings (SSSR count). The number of nitrogens with two attached hydrogens (primary N) is 1. The molecule has 0 aromatic carbocycles. The van der Waals surface area contributed by atoms with Crippen LogP contribution in [-0.4, -0.2) is 39.6 Å². The molecule has 27 heavy (non-hydrogen) atoms. The lowest BCUT2D eigenvalue weighted by Crippen LogP contribution is -2.36. The average Bonchev–Trinajstić information content (AvgIpc) is 3.17. The highest BCUT2D eigenvalue weighted by Crippen LogP contribution is 2.31. The molecule has 0 spiro atoms. The Morgan fingerprint density at radius 3 is 2.56 bits per heavy atom. The van der Waals surface area contributed by atoms with Gasteiger partial charge in [-0.25, -0.2) is 19.9 Å². The van der Waals surface area contributed by atoms with Crippen LogP contribution < -0.4 is 15.4 Å². The van der Waals surface area contributed by atoms with E-state index in [0.717, 1.165) is 42.3 Å². The lowest BCUT2D eigenvalue weighted by Gasteiger charge is -2.31. The molecule has 0 aliphatic carbocycles. The topological polar surface area (TPSA) is 90.0 Å². The molecule has 1 aliphatic rings. The highest BCUT2D eigenvalue weighted by atomic mass is 32.1. The summed E-state index contributed by atoms with van der Waals surface area (Å²) in [6.45, 7) is 2.41. The van der Waals surface area contributed by atoms with Gasteiger partial charge in [-0.15, -0.1) is 0 Å². The standard InChI is InChI=1S/C18H19FN6OS/c19-16-2-1-13(7-21-16)15-10-24-18(27-15)26-11-12-3-5-25(6-4-12)17-22-8-14(20)9-23-17/h1-2,7-10,12H,3-6,11,20H2. The van der Waals surface area contributed by atoms with Crippen molar-refractivity contribution in [2.45, 2.75) is 12.8 Å². The number of anilines is 2. The molecule has 7 nitrogen and oxygen atoms in total. The van der Waals surface area contributed by atoms with Gasteiger partial charge in [-0.2, -0.15) is 4.39 Å². The molecule has 0 unspecified atom stereocenters. The largest absolute Gasteiger partial charge is 0.470 e. The van der Waals surface area contributed by atoms with E-state index >= 15 is 0 Å². The lowest BCUT2D eigenvalue weighted by atomic mass is 9.98. The molecule has 3 aromatic rings. The van der Waals surface area contributed by atoms with Crippen LogP contribution in [0, 0.1) is 11.9 Å². The van der Waals surface area contributed by atoms with Crippen molar-refractivity contribution in [3.05, 3.63) is 42.9 Å². The van der Waals surface area contributed by atoms with Gasteiger partial charge in [0, 0.05) is 31.0 Å². The van der Waals surface area contributed by atoms with E-state index in [1.54, 1.807) is 24.7 Å². The molecule has 0 atom stereocenters. The second-order valence-corrected chi connectivity index (χ2v) is 7.41. The van der Waals surface area contributed by atoms with E-state index in [1.807, 2.05) is 0 Å². The number of thiazole rings is 1. The molecule has 2 N–H and O–H groups in total. The maximum atomic E-state index is 12.9. The van der Waals surface area contributed by atoms with E-state index in [-0.39, 0.29) is 0 Å². The van der Waals surface area contributed by atoms with E-state index in [9.17, 15) is 4.39 Å². The maximum Gasteiger partial charge on any atom is 0.273 e. The molecule has 140 valence electrons. The Labute approximate surface area is 160 Å². The Balaban J connectivity index is 1.28. The molecule has 0 bridgehead atoms. The van der Waals surface area contributed by atoms with Crippen molar-refractivity contribution in [2.24, 2.45) is 5.92 Å². The summed E-state index contributed by atoms with van der Waals surface area (Å²) in [6, 6.07) is 3.03. The van der Waals surface area contributed by atoms with Crippen molar-refractivity contribution >= 4 is 23.0 Å². The van der Waals surface area contributed by atoms with Crippen molar-refractivity contribution in [1.29, 1.82) is 0 Å². The van der Waals surface area contributed by atoms with Gasteiger partial charge in [-0.05, 0) is 30.9 Å². The van der Waals surface area contributed by atoms with Crippen molar-refractivity contribution in [3.8, 4) is 15.6 Å². The number of pyridine rings is 1. The minimum absolute atomic E-state index is 0.467. The van der Waals surface area contributed by atoms with Crippen molar-refractivity contribution in [3.63, 3.8) is 0 Å². The zero-order valence-electron chi connectivity index (χ0n) is 14.6. The summed E-state index contributed by atoms with van der Waals surface area (Å²) in [6.07, 6.45) is 8.52. The minimum atomic E-state index is -0.490. The van der Waals surface area contributed by atoms with Gasteiger partial charge >= 0.3 is 0 Å². The predicted octanol–water partition coefficient (Wildman–Crippen LogP) is 3.01.